The van der Waals surface area contributed by atoms with Crippen LogP contribution in [0.15, 0.2) is 17.5 Å². The highest BCUT2D eigenvalue weighted by molar-refractivity contribution is 7.10. The van der Waals surface area contributed by atoms with Crippen LogP contribution in [0.25, 0.3) is 0 Å². The average Bonchev–Trinajstić information content (AvgIpc) is 2.81. The second-order valence-electron chi connectivity index (χ2n) is 4.70. The standard InChI is InChI=1S/C13H17N3OS/c1-10(17)15-12-7-11(13-3-2-6-18-13)8-16(9-12)5-4-14/h2-3,6,11-12H,5,7-9H2,1H3,(H,15,17). The van der Waals surface area contributed by atoms with Crippen LogP contribution >= 0.6 is 11.3 Å². The quantitative estimate of drug-likeness (QED) is 0.842. The van der Waals surface area contributed by atoms with Crippen molar-refractivity contribution in [3.05, 3.63) is 22.4 Å². The summed E-state index contributed by atoms with van der Waals surface area (Å²) in [5.74, 6) is 0.424. The molecular formula is C13H17N3OS. The zero-order chi connectivity index (χ0) is 13.0. The number of hydrogen-bond acceptors (Lipinski definition) is 4. The summed E-state index contributed by atoms with van der Waals surface area (Å²) in [6, 6.07) is 6.53. The minimum Gasteiger partial charge on any atom is -0.352 e. The Hall–Kier alpha value is -1.38. The molecule has 0 bridgehead atoms. The van der Waals surface area contributed by atoms with E-state index in [-0.39, 0.29) is 11.9 Å². The van der Waals surface area contributed by atoms with Gasteiger partial charge < -0.3 is 5.32 Å². The van der Waals surface area contributed by atoms with Crippen molar-refractivity contribution in [2.75, 3.05) is 19.6 Å². The molecule has 2 atom stereocenters. The lowest BCUT2D eigenvalue weighted by molar-refractivity contribution is -0.120. The van der Waals surface area contributed by atoms with Crippen molar-refractivity contribution in [2.24, 2.45) is 0 Å². The van der Waals surface area contributed by atoms with Gasteiger partial charge in [0, 0.05) is 36.9 Å². The fourth-order valence-electron chi connectivity index (χ4n) is 2.54. The van der Waals surface area contributed by atoms with Gasteiger partial charge in [-0.05, 0) is 17.9 Å². The number of hydrogen-bond donors (Lipinski definition) is 1. The number of piperidine rings is 1. The first-order valence-corrected chi connectivity index (χ1v) is 6.97. The molecule has 1 N–H and O–H groups in total. The number of nitrogens with zero attached hydrogens (tertiary/aromatic N) is 2. The van der Waals surface area contributed by atoms with Gasteiger partial charge in [0.05, 0.1) is 12.6 Å². The first kappa shape index (κ1) is 13.1. The Balaban J connectivity index is 2.06. The molecule has 5 heteroatoms. The van der Waals surface area contributed by atoms with Gasteiger partial charge >= 0.3 is 0 Å². The third-order valence-corrected chi connectivity index (χ3v) is 4.21. The number of likely N-dealkylation sites (tertiary alicyclic amines) is 1. The zero-order valence-corrected chi connectivity index (χ0v) is 11.2. The van der Waals surface area contributed by atoms with Crippen LogP contribution in [0.3, 0.4) is 0 Å². The average molecular weight is 263 g/mol. The van der Waals surface area contributed by atoms with Gasteiger partial charge in [0.1, 0.15) is 0 Å². The van der Waals surface area contributed by atoms with Crippen LogP contribution in [0.5, 0.6) is 0 Å². The van der Waals surface area contributed by atoms with E-state index >= 15 is 0 Å². The molecule has 0 aromatic carbocycles. The summed E-state index contributed by atoms with van der Waals surface area (Å²) in [6.45, 7) is 3.65. The third-order valence-electron chi connectivity index (χ3n) is 3.17. The second kappa shape index (κ2) is 5.98. The highest BCUT2D eigenvalue weighted by Gasteiger charge is 2.28. The van der Waals surface area contributed by atoms with Gasteiger partial charge in [0.15, 0.2) is 0 Å². The molecule has 0 spiro atoms. The number of nitriles is 1. The molecule has 96 valence electrons. The Kier molecular flexibility index (Phi) is 4.34. The van der Waals surface area contributed by atoms with Gasteiger partial charge in [0.25, 0.3) is 0 Å². The summed E-state index contributed by atoms with van der Waals surface area (Å²) in [5, 5.41) is 13.9. The number of nitrogens with one attached hydrogen (secondary N) is 1. The Labute approximate surface area is 111 Å². The van der Waals surface area contributed by atoms with Gasteiger partial charge in [-0.1, -0.05) is 6.07 Å². The smallest absolute Gasteiger partial charge is 0.217 e. The zero-order valence-electron chi connectivity index (χ0n) is 10.4. The van der Waals surface area contributed by atoms with Gasteiger partial charge in [-0.15, -0.1) is 11.3 Å². The maximum atomic E-state index is 11.2. The van der Waals surface area contributed by atoms with E-state index in [2.05, 4.69) is 33.8 Å². The summed E-state index contributed by atoms with van der Waals surface area (Å²) in [6.07, 6.45) is 0.960. The van der Waals surface area contributed by atoms with Crippen LogP contribution in [-0.4, -0.2) is 36.5 Å². The van der Waals surface area contributed by atoms with Crippen molar-refractivity contribution in [1.29, 1.82) is 5.26 Å². The first-order chi connectivity index (χ1) is 8.69. The van der Waals surface area contributed by atoms with Crippen molar-refractivity contribution < 1.29 is 4.79 Å². The van der Waals surface area contributed by atoms with E-state index < -0.39 is 0 Å². The largest absolute Gasteiger partial charge is 0.352 e. The predicted octanol–water partition coefficient (Wildman–Crippen LogP) is 1.57. The Bertz CT molecular complexity index is 438. The summed E-state index contributed by atoms with van der Waals surface area (Å²) in [5.41, 5.74) is 0. The molecule has 0 radical (unpaired) electrons. The second-order valence-corrected chi connectivity index (χ2v) is 5.68. The van der Waals surface area contributed by atoms with E-state index in [1.54, 1.807) is 18.3 Å². The molecule has 18 heavy (non-hydrogen) atoms. The van der Waals surface area contributed by atoms with Crippen molar-refractivity contribution in [1.82, 2.24) is 10.2 Å². The molecular weight excluding hydrogens is 246 g/mol. The number of carbonyl (C=O) groups is 1. The molecule has 2 rings (SSSR count). The Morgan fingerprint density at radius 2 is 2.50 bits per heavy atom. The van der Waals surface area contributed by atoms with Gasteiger partial charge in [0.2, 0.25) is 5.91 Å². The molecule has 1 saturated heterocycles. The molecule has 1 fully saturated rings. The van der Waals surface area contributed by atoms with E-state index in [1.807, 2.05) is 0 Å². The van der Waals surface area contributed by atoms with Gasteiger partial charge in [-0.25, -0.2) is 0 Å². The maximum absolute atomic E-state index is 11.2. The maximum Gasteiger partial charge on any atom is 0.217 e. The Morgan fingerprint density at radius 1 is 1.67 bits per heavy atom. The highest BCUT2D eigenvalue weighted by atomic mass is 32.1. The number of carbonyl (C=O) groups excluding carboxylic acids is 1. The Morgan fingerprint density at radius 3 is 3.11 bits per heavy atom. The van der Waals surface area contributed by atoms with Crippen molar-refractivity contribution >= 4 is 17.2 Å². The summed E-state index contributed by atoms with van der Waals surface area (Å²) >= 11 is 1.75. The van der Waals surface area contributed by atoms with Crippen LogP contribution < -0.4 is 5.32 Å². The number of amides is 1. The third kappa shape index (κ3) is 3.31. The molecule has 1 aromatic rings. The van der Waals surface area contributed by atoms with Crippen molar-refractivity contribution in [3.63, 3.8) is 0 Å². The SMILES string of the molecule is CC(=O)NC1CC(c2cccs2)CN(CC#N)C1. The van der Waals surface area contributed by atoms with Crippen LogP contribution in [-0.2, 0) is 4.79 Å². The minimum atomic E-state index is 0.00346. The fraction of sp³-hybridized carbons (Fsp3) is 0.538. The molecule has 2 heterocycles. The van der Waals surface area contributed by atoms with E-state index in [9.17, 15) is 4.79 Å². The monoisotopic (exact) mass is 263 g/mol. The summed E-state index contributed by atoms with van der Waals surface area (Å²) in [7, 11) is 0. The summed E-state index contributed by atoms with van der Waals surface area (Å²) in [4.78, 5) is 14.6. The van der Waals surface area contributed by atoms with Crippen LogP contribution in [0.2, 0.25) is 0 Å². The molecule has 2 unspecified atom stereocenters. The van der Waals surface area contributed by atoms with Crippen molar-refractivity contribution in [2.45, 2.75) is 25.3 Å². The van der Waals surface area contributed by atoms with Crippen LogP contribution in [0.1, 0.15) is 24.1 Å². The normalized spacial score (nSPS) is 24.4. The molecule has 1 aromatic heterocycles. The van der Waals surface area contributed by atoms with Crippen LogP contribution in [0, 0.1) is 11.3 Å². The lowest BCUT2D eigenvalue weighted by Crippen LogP contribution is -2.49. The topological polar surface area (TPSA) is 56.1 Å². The lowest BCUT2D eigenvalue weighted by Gasteiger charge is -2.36. The molecule has 1 aliphatic rings. The van der Waals surface area contributed by atoms with Gasteiger partial charge in [-0.3, -0.25) is 9.69 Å². The van der Waals surface area contributed by atoms with E-state index in [0.29, 0.717) is 12.5 Å². The molecule has 0 saturated carbocycles. The van der Waals surface area contributed by atoms with E-state index in [1.165, 1.54) is 4.88 Å². The highest BCUT2D eigenvalue weighted by Crippen LogP contribution is 2.30. The summed E-state index contributed by atoms with van der Waals surface area (Å²) < 4.78 is 0. The van der Waals surface area contributed by atoms with E-state index in [0.717, 1.165) is 19.5 Å². The number of rotatable bonds is 3. The minimum absolute atomic E-state index is 0.00346. The molecule has 1 amide bonds. The number of thiophene rings is 1. The van der Waals surface area contributed by atoms with Crippen LogP contribution in [0.4, 0.5) is 0 Å². The van der Waals surface area contributed by atoms with E-state index in [4.69, 9.17) is 5.26 Å². The molecule has 0 aliphatic carbocycles. The first-order valence-electron chi connectivity index (χ1n) is 6.09. The van der Waals surface area contributed by atoms with Gasteiger partial charge in [-0.2, -0.15) is 5.26 Å². The van der Waals surface area contributed by atoms with Crippen molar-refractivity contribution in [3.8, 4) is 6.07 Å². The lowest BCUT2D eigenvalue weighted by atomic mass is 9.93. The predicted molar refractivity (Wildman–Crippen MR) is 71.3 cm³/mol. The fourth-order valence-corrected chi connectivity index (χ4v) is 3.38. The molecule has 1 aliphatic heterocycles. The molecule has 4 nitrogen and oxygen atoms in total.